The third-order valence-electron chi connectivity index (χ3n) is 2.47. The molecule has 0 bridgehead atoms. The summed E-state index contributed by atoms with van der Waals surface area (Å²) in [5.74, 6) is 0. The van der Waals surface area contributed by atoms with E-state index in [0.29, 0.717) is 0 Å². The van der Waals surface area contributed by atoms with Crippen LogP contribution in [0.4, 0.5) is 0 Å². The number of fused-ring (bicyclic) bond motifs is 1. The van der Waals surface area contributed by atoms with E-state index in [2.05, 4.69) is 6.07 Å². The summed E-state index contributed by atoms with van der Waals surface area (Å²) in [6, 6.07) is 8.01. The molecule has 2 nitrogen and oxygen atoms in total. The summed E-state index contributed by atoms with van der Waals surface area (Å²) >= 11 is 1.70. The summed E-state index contributed by atoms with van der Waals surface area (Å²) in [7, 11) is 0. The average molecular weight is 207 g/mol. The number of hydrogen-bond donors (Lipinski definition) is 2. The fraction of sp³-hybridized carbons (Fsp3) is 0.273. The molecule has 0 saturated heterocycles. The number of nitrogens with two attached hydrogens (primary N) is 1. The molecule has 74 valence electrons. The lowest BCUT2D eigenvalue weighted by Crippen LogP contribution is -2.31. The van der Waals surface area contributed by atoms with E-state index >= 15 is 0 Å². The molecule has 1 unspecified atom stereocenters. The Morgan fingerprint density at radius 2 is 2.21 bits per heavy atom. The number of rotatable bonds is 2. The molecular formula is C11H13NOS. The van der Waals surface area contributed by atoms with Crippen LogP contribution in [0.2, 0.25) is 0 Å². The molecule has 0 aliphatic heterocycles. The monoisotopic (exact) mass is 207 g/mol. The highest BCUT2D eigenvalue weighted by Crippen LogP contribution is 2.26. The maximum absolute atomic E-state index is 9.97. The zero-order valence-electron chi connectivity index (χ0n) is 8.03. The zero-order valence-corrected chi connectivity index (χ0v) is 8.84. The summed E-state index contributed by atoms with van der Waals surface area (Å²) in [6.07, 6.45) is 0. The van der Waals surface area contributed by atoms with Crippen LogP contribution in [0.25, 0.3) is 10.1 Å². The van der Waals surface area contributed by atoms with E-state index in [1.807, 2.05) is 23.6 Å². The molecule has 14 heavy (non-hydrogen) atoms. The first-order chi connectivity index (χ1) is 6.63. The fourth-order valence-electron chi connectivity index (χ4n) is 1.42. The lowest BCUT2D eigenvalue weighted by atomic mass is 9.95. The lowest BCUT2D eigenvalue weighted by Gasteiger charge is -2.21. The Labute approximate surface area is 87.0 Å². The first-order valence-electron chi connectivity index (χ1n) is 4.54. The smallest absolute Gasteiger partial charge is 0.0990 e. The largest absolute Gasteiger partial charge is 0.384 e. The molecule has 0 spiro atoms. The molecule has 0 saturated carbocycles. The maximum Gasteiger partial charge on any atom is 0.0990 e. The van der Waals surface area contributed by atoms with Gasteiger partial charge >= 0.3 is 0 Å². The maximum atomic E-state index is 9.97. The van der Waals surface area contributed by atoms with Gasteiger partial charge in [0.25, 0.3) is 0 Å². The van der Waals surface area contributed by atoms with E-state index in [0.717, 1.165) is 5.56 Å². The van der Waals surface area contributed by atoms with Crippen LogP contribution in [-0.2, 0) is 5.60 Å². The van der Waals surface area contributed by atoms with Crippen LogP contribution in [0.3, 0.4) is 0 Å². The Morgan fingerprint density at radius 3 is 2.93 bits per heavy atom. The Morgan fingerprint density at radius 1 is 1.43 bits per heavy atom. The van der Waals surface area contributed by atoms with Gasteiger partial charge in [0.05, 0.1) is 5.60 Å². The second kappa shape index (κ2) is 3.35. The van der Waals surface area contributed by atoms with Crippen LogP contribution in [-0.4, -0.2) is 11.7 Å². The first kappa shape index (κ1) is 9.65. The van der Waals surface area contributed by atoms with Gasteiger partial charge in [0.2, 0.25) is 0 Å². The zero-order chi connectivity index (χ0) is 10.2. The van der Waals surface area contributed by atoms with Crippen molar-refractivity contribution in [3.8, 4) is 0 Å². The molecule has 0 aliphatic carbocycles. The minimum Gasteiger partial charge on any atom is -0.384 e. The van der Waals surface area contributed by atoms with Crippen molar-refractivity contribution in [2.24, 2.45) is 5.73 Å². The topological polar surface area (TPSA) is 46.2 Å². The van der Waals surface area contributed by atoms with Gasteiger partial charge in [-0.3, -0.25) is 0 Å². The average Bonchev–Trinajstić information content (AvgIpc) is 2.64. The highest BCUT2D eigenvalue weighted by Gasteiger charge is 2.20. The van der Waals surface area contributed by atoms with Gasteiger partial charge in [0.15, 0.2) is 0 Å². The van der Waals surface area contributed by atoms with Crippen molar-refractivity contribution in [2.45, 2.75) is 12.5 Å². The molecule has 0 radical (unpaired) electrons. The van der Waals surface area contributed by atoms with Crippen LogP contribution < -0.4 is 5.73 Å². The molecule has 1 atom stereocenters. The molecule has 0 fully saturated rings. The third kappa shape index (κ3) is 1.54. The molecule has 2 aromatic rings. The summed E-state index contributed by atoms with van der Waals surface area (Å²) in [4.78, 5) is 0. The molecule has 3 N–H and O–H groups in total. The Kier molecular flexibility index (Phi) is 2.31. The summed E-state index contributed by atoms with van der Waals surface area (Å²) in [5.41, 5.74) is 5.47. The van der Waals surface area contributed by atoms with E-state index in [1.54, 1.807) is 18.3 Å². The molecular weight excluding hydrogens is 194 g/mol. The van der Waals surface area contributed by atoms with Crippen LogP contribution in [0, 0.1) is 0 Å². The van der Waals surface area contributed by atoms with Crippen molar-refractivity contribution in [2.75, 3.05) is 6.54 Å². The van der Waals surface area contributed by atoms with Gasteiger partial charge in [-0.05, 0) is 41.5 Å². The minimum atomic E-state index is -0.921. The quantitative estimate of drug-likeness (QED) is 0.792. The van der Waals surface area contributed by atoms with Crippen molar-refractivity contribution >= 4 is 21.4 Å². The molecule has 3 heteroatoms. The molecule has 0 aliphatic rings. The van der Waals surface area contributed by atoms with Gasteiger partial charge < -0.3 is 10.8 Å². The van der Waals surface area contributed by atoms with Crippen LogP contribution >= 0.6 is 11.3 Å². The Balaban J connectivity index is 2.53. The lowest BCUT2D eigenvalue weighted by molar-refractivity contribution is 0.0670. The SMILES string of the molecule is CC(O)(CN)c1ccc2sccc2c1. The second-order valence-corrected chi connectivity index (χ2v) is 4.60. The molecule has 2 rings (SSSR count). The van der Waals surface area contributed by atoms with Gasteiger partial charge in [0, 0.05) is 11.2 Å². The van der Waals surface area contributed by atoms with E-state index in [4.69, 9.17) is 5.73 Å². The van der Waals surface area contributed by atoms with Gasteiger partial charge in [-0.2, -0.15) is 0 Å². The van der Waals surface area contributed by atoms with Crippen molar-refractivity contribution in [1.82, 2.24) is 0 Å². The van der Waals surface area contributed by atoms with E-state index in [1.165, 1.54) is 10.1 Å². The van der Waals surface area contributed by atoms with Gasteiger partial charge in [-0.25, -0.2) is 0 Å². The van der Waals surface area contributed by atoms with Crippen LogP contribution in [0.1, 0.15) is 12.5 Å². The van der Waals surface area contributed by atoms with Crippen molar-refractivity contribution in [3.63, 3.8) is 0 Å². The van der Waals surface area contributed by atoms with Crippen molar-refractivity contribution < 1.29 is 5.11 Å². The number of benzene rings is 1. The standard InChI is InChI=1S/C11H13NOS/c1-11(13,7-12)9-2-3-10-8(6-9)4-5-14-10/h2-6,13H,7,12H2,1H3. The third-order valence-corrected chi connectivity index (χ3v) is 3.37. The van der Waals surface area contributed by atoms with Crippen LogP contribution in [0.5, 0.6) is 0 Å². The highest BCUT2D eigenvalue weighted by atomic mass is 32.1. The second-order valence-electron chi connectivity index (χ2n) is 3.65. The predicted molar refractivity (Wildman–Crippen MR) is 60.5 cm³/mol. The summed E-state index contributed by atoms with van der Waals surface area (Å²) < 4.78 is 1.24. The molecule has 1 heterocycles. The Bertz CT molecular complexity index is 447. The number of aliphatic hydroxyl groups is 1. The van der Waals surface area contributed by atoms with Gasteiger partial charge in [0.1, 0.15) is 0 Å². The first-order valence-corrected chi connectivity index (χ1v) is 5.41. The summed E-state index contributed by atoms with van der Waals surface area (Å²) in [5, 5.41) is 13.2. The van der Waals surface area contributed by atoms with Gasteiger partial charge in [-0.15, -0.1) is 11.3 Å². The van der Waals surface area contributed by atoms with E-state index in [-0.39, 0.29) is 6.54 Å². The molecule has 1 aromatic carbocycles. The number of hydrogen-bond acceptors (Lipinski definition) is 3. The summed E-state index contributed by atoms with van der Waals surface area (Å²) in [6.45, 7) is 1.98. The fourth-order valence-corrected chi connectivity index (χ4v) is 2.19. The van der Waals surface area contributed by atoms with Gasteiger partial charge in [-0.1, -0.05) is 6.07 Å². The predicted octanol–water partition coefficient (Wildman–Crippen LogP) is 2.07. The Hall–Kier alpha value is -0.900. The minimum absolute atomic E-state index is 0.239. The van der Waals surface area contributed by atoms with Crippen LogP contribution in [0.15, 0.2) is 29.6 Å². The van der Waals surface area contributed by atoms with E-state index in [9.17, 15) is 5.11 Å². The number of thiophene rings is 1. The van der Waals surface area contributed by atoms with Crippen molar-refractivity contribution in [3.05, 3.63) is 35.2 Å². The van der Waals surface area contributed by atoms with E-state index < -0.39 is 5.60 Å². The molecule has 1 aromatic heterocycles. The highest BCUT2D eigenvalue weighted by molar-refractivity contribution is 7.17. The normalized spacial score (nSPS) is 15.6. The van der Waals surface area contributed by atoms with Crippen molar-refractivity contribution in [1.29, 1.82) is 0 Å². The molecule has 0 amide bonds.